The molecule has 0 aliphatic carbocycles. The highest BCUT2D eigenvalue weighted by atomic mass is 31.2. The summed E-state index contributed by atoms with van der Waals surface area (Å²) >= 11 is 0. The lowest BCUT2D eigenvalue weighted by Gasteiger charge is -2.28. The fourth-order valence-electron chi connectivity index (χ4n) is 9.12. The van der Waals surface area contributed by atoms with Crippen LogP contribution in [0.3, 0.4) is 0 Å². The fourth-order valence-corrected chi connectivity index (χ4v) is 14.0. The van der Waals surface area contributed by atoms with Crippen molar-refractivity contribution in [1.29, 1.82) is 0 Å². The van der Waals surface area contributed by atoms with Crippen LogP contribution in [0.1, 0.15) is 310 Å². The summed E-state index contributed by atoms with van der Waals surface area (Å²) in [7, 11) is -0.805. The van der Waals surface area contributed by atoms with Crippen LogP contribution in [0.5, 0.6) is 0 Å². The summed E-state index contributed by atoms with van der Waals surface area (Å²) < 4.78 is 0. The summed E-state index contributed by atoms with van der Waals surface area (Å²) in [5.74, 6) is 0. The van der Waals surface area contributed by atoms with E-state index < -0.39 is 7.26 Å². The summed E-state index contributed by atoms with van der Waals surface area (Å²) in [4.78, 5) is 0. The quantitative estimate of drug-likeness (QED) is 0.0428. The predicted octanol–water partition coefficient (Wildman–Crippen LogP) is 20.2. The van der Waals surface area contributed by atoms with Crippen molar-refractivity contribution in [2.24, 2.45) is 0 Å². The van der Waals surface area contributed by atoms with Gasteiger partial charge in [0.05, 0.1) is 24.6 Å². The minimum Gasteiger partial charge on any atom is -0.0654 e. The third-order valence-corrected chi connectivity index (χ3v) is 18.0. The van der Waals surface area contributed by atoms with Crippen molar-refractivity contribution in [3.05, 3.63) is 0 Å². The monoisotopic (exact) mass is 764 g/mol. The molecular formula is C52H108P+. The Labute approximate surface area is 340 Å². The first-order chi connectivity index (χ1) is 26.2. The van der Waals surface area contributed by atoms with Gasteiger partial charge in [0.15, 0.2) is 0 Å². The lowest BCUT2D eigenvalue weighted by atomic mass is 10.1. The van der Waals surface area contributed by atoms with Gasteiger partial charge in [0.2, 0.25) is 0 Å². The highest BCUT2D eigenvalue weighted by Gasteiger charge is 2.35. The molecule has 0 aromatic carbocycles. The van der Waals surface area contributed by atoms with Gasteiger partial charge in [0.25, 0.3) is 0 Å². The maximum absolute atomic E-state index is 2.34. The molecule has 0 fully saturated rings. The zero-order chi connectivity index (χ0) is 38.4. The van der Waals surface area contributed by atoms with E-state index in [1.54, 1.807) is 50.3 Å². The number of rotatable bonds is 48. The summed E-state index contributed by atoms with van der Waals surface area (Å²) in [6.45, 7) is 9.35. The van der Waals surface area contributed by atoms with Gasteiger partial charge in [-0.2, -0.15) is 0 Å². The molecule has 0 heterocycles. The van der Waals surface area contributed by atoms with Crippen molar-refractivity contribution in [3.63, 3.8) is 0 Å². The molecule has 53 heavy (non-hydrogen) atoms. The molecule has 0 nitrogen and oxygen atoms in total. The molecule has 0 saturated carbocycles. The van der Waals surface area contributed by atoms with E-state index in [-0.39, 0.29) is 0 Å². The van der Waals surface area contributed by atoms with Gasteiger partial charge < -0.3 is 0 Å². The molecule has 320 valence electrons. The Morgan fingerprint density at radius 1 is 0.151 bits per heavy atom. The number of hydrogen-bond acceptors (Lipinski definition) is 0. The largest absolute Gasteiger partial charge is 0.0654 e. The summed E-state index contributed by atoms with van der Waals surface area (Å²) in [5.41, 5.74) is 0. The minimum atomic E-state index is -0.805. The molecule has 0 bridgehead atoms. The molecule has 0 saturated heterocycles. The van der Waals surface area contributed by atoms with E-state index in [2.05, 4.69) is 27.7 Å². The zero-order valence-corrected chi connectivity index (χ0v) is 39.3. The molecule has 0 unspecified atom stereocenters. The minimum absolute atomic E-state index is 0.805. The molecule has 0 rings (SSSR count). The Kier molecular flexibility index (Phi) is 47.2. The van der Waals surface area contributed by atoms with Crippen LogP contribution in [0.2, 0.25) is 0 Å². The highest BCUT2D eigenvalue weighted by Crippen LogP contribution is 2.61. The van der Waals surface area contributed by atoms with Crippen LogP contribution in [-0.2, 0) is 0 Å². The van der Waals surface area contributed by atoms with Gasteiger partial charge in [-0.1, -0.05) is 259 Å². The average molecular weight is 764 g/mol. The molecule has 0 aliphatic rings. The Bertz CT molecular complexity index is 517. The topological polar surface area (TPSA) is 0 Å². The molecule has 0 aromatic rings. The van der Waals surface area contributed by atoms with Gasteiger partial charge in [-0.05, 0) is 51.4 Å². The van der Waals surface area contributed by atoms with Crippen LogP contribution in [0.4, 0.5) is 0 Å². The SMILES string of the molecule is CCCCCCCCCCCCC[P+](CCCCCCCCCCCCC)(CCCCCCCCCCCCC)CCCCCCCCCCCCC. The first kappa shape index (κ1) is 53.4. The van der Waals surface area contributed by atoms with Crippen molar-refractivity contribution < 1.29 is 0 Å². The Balaban J connectivity index is 4.89. The molecule has 1 heteroatoms. The van der Waals surface area contributed by atoms with E-state index >= 15 is 0 Å². The second-order valence-corrected chi connectivity index (χ2v) is 22.9. The van der Waals surface area contributed by atoms with E-state index in [4.69, 9.17) is 0 Å². The average Bonchev–Trinajstić information content (AvgIpc) is 3.17. The maximum Gasteiger partial charge on any atom is 0.0594 e. The smallest absolute Gasteiger partial charge is 0.0594 e. The van der Waals surface area contributed by atoms with Gasteiger partial charge in [-0.15, -0.1) is 0 Å². The third-order valence-electron chi connectivity index (χ3n) is 12.9. The first-order valence-electron chi connectivity index (χ1n) is 26.1. The van der Waals surface area contributed by atoms with E-state index in [0.717, 1.165) is 0 Å². The number of unbranched alkanes of at least 4 members (excludes halogenated alkanes) is 40. The van der Waals surface area contributed by atoms with E-state index in [9.17, 15) is 0 Å². The molecule has 0 aliphatic heterocycles. The highest BCUT2D eigenvalue weighted by molar-refractivity contribution is 7.75. The molecule has 0 N–H and O–H groups in total. The fraction of sp³-hybridized carbons (Fsp3) is 1.00. The summed E-state index contributed by atoms with van der Waals surface area (Å²) in [5, 5.41) is 0. The van der Waals surface area contributed by atoms with E-state index in [1.165, 1.54) is 257 Å². The molecular weight excluding hydrogens is 656 g/mol. The first-order valence-corrected chi connectivity index (χ1v) is 28.6. The van der Waals surface area contributed by atoms with Crippen LogP contribution < -0.4 is 0 Å². The zero-order valence-electron chi connectivity index (χ0n) is 38.4. The van der Waals surface area contributed by atoms with Crippen molar-refractivity contribution >= 4 is 7.26 Å². The van der Waals surface area contributed by atoms with Crippen molar-refractivity contribution in [2.75, 3.05) is 24.6 Å². The van der Waals surface area contributed by atoms with Gasteiger partial charge in [0.1, 0.15) is 0 Å². The second kappa shape index (κ2) is 46.8. The predicted molar refractivity (Wildman–Crippen MR) is 252 cm³/mol. The standard InChI is InChI=1S/C52H108P/c1-5-9-13-17-21-25-29-33-37-41-45-49-53(50-46-42-38-34-30-26-22-18-14-10-6-2,51-47-43-39-35-31-27-23-19-15-11-7-3)52-48-44-40-36-32-28-24-20-16-12-8-4/h5-52H2,1-4H3/q+1. The van der Waals surface area contributed by atoms with Crippen LogP contribution >= 0.6 is 7.26 Å². The third kappa shape index (κ3) is 41.9. The Hall–Kier alpha value is 0.430. The molecule has 0 spiro atoms. The summed E-state index contributed by atoms with van der Waals surface area (Å²) in [6, 6.07) is 0. The second-order valence-electron chi connectivity index (χ2n) is 18.4. The maximum atomic E-state index is 2.34. The van der Waals surface area contributed by atoms with Crippen LogP contribution in [-0.4, -0.2) is 24.6 Å². The van der Waals surface area contributed by atoms with Crippen LogP contribution in [0, 0.1) is 0 Å². The molecule has 0 radical (unpaired) electrons. The lowest BCUT2D eigenvalue weighted by molar-refractivity contribution is 0.550. The van der Waals surface area contributed by atoms with Gasteiger partial charge in [-0.3, -0.25) is 0 Å². The molecule has 0 atom stereocenters. The van der Waals surface area contributed by atoms with Gasteiger partial charge >= 0.3 is 0 Å². The van der Waals surface area contributed by atoms with E-state index in [0.29, 0.717) is 0 Å². The van der Waals surface area contributed by atoms with Crippen LogP contribution in [0.25, 0.3) is 0 Å². The normalized spacial score (nSPS) is 12.0. The van der Waals surface area contributed by atoms with Crippen molar-refractivity contribution in [2.45, 2.75) is 310 Å². The van der Waals surface area contributed by atoms with Crippen molar-refractivity contribution in [1.82, 2.24) is 0 Å². The lowest BCUT2D eigenvalue weighted by Crippen LogP contribution is -2.13. The van der Waals surface area contributed by atoms with Crippen molar-refractivity contribution in [3.8, 4) is 0 Å². The van der Waals surface area contributed by atoms with Gasteiger partial charge in [0, 0.05) is 7.26 Å². The molecule has 0 aromatic heterocycles. The molecule has 0 amide bonds. The van der Waals surface area contributed by atoms with E-state index in [1.807, 2.05) is 0 Å². The van der Waals surface area contributed by atoms with Gasteiger partial charge in [-0.25, -0.2) is 0 Å². The Morgan fingerprint density at radius 3 is 0.396 bits per heavy atom. The summed E-state index contributed by atoms with van der Waals surface area (Å²) in [6.07, 6.45) is 72.3. The Morgan fingerprint density at radius 2 is 0.264 bits per heavy atom. The number of hydrogen-bond donors (Lipinski definition) is 0. The van der Waals surface area contributed by atoms with Crippen LogP contribution in [0.15, 0.2) is 0 Å².